The Balaban J connectivity index is 2.20. The van der Waals surface area contributed by atoms with E-state index in [1.54, 1.807) is 12.1 Å². The topological polar surface area (TPSA) is 80.5 Å². The number of amides is 1. The van der Waals surface area contributed by atoms with Crippen LogP contribution >= 0.6 is 11.6 Å². The number of anilines is 1. The molecular weight excluding hydrogens is 276 g/mol. The molecule has 0 radical (unpaired) electrons. The van der Waals surface area contributed by atoms with Gasteiger partial charge in [-0.3, -0.25) is 4.79 Å². The molecule has 0 atom stereocenters. The van der Waals surface area contributed by atoms with Crippen molar-refractivity contribution in [3.8, 4) is 0 Å². The van der Waals surface area contributed by atoms with E-state index < -0.39 is 9.84 Å². The number of benzene rings is 1. The Labute approximate surface area is 110 Å². The fraction of sp³-hybridized carbons (Fsp3) is 0.364. The predicted octanol–water partition coefficient (Wildman–Crippen LogP) is 0.793. The van der Waals surface area contributed by atoms with E-state index in [0.717, 1.165) is 0 Å². The van der Waals surface area contributed by atoms with Gasteiger partial charge in [-0.15, -0.1) is 0 Å². The zero-order valence-corrected chi connectivity index (χ0v) is 11.2. The van der Waals surface area contributed by atoms with Gasteiger partial charge in [-0.1, -0.05) is 11.6 Å². The normalized spacial score (nSPS) is 18.6. The van der Waals surface area contributed by atoms with E-state index in [9.17, 15) is 13.2 Å². The number of nitrogen functional groups attached to an aromatic ring is 1. The minimum absolute atomic E-state index is 0.000783. The molecule has 1 aliphatic rings. The first-order chi connectivity index (χ1) is 8.39. The van der Waals surface area contributed by atoms with Crippen LogP contribution in [0.1, 0.15) is 10.4 Å². The molecule has 1 heterocycles. The SMILES string of the molecule is Nc1ccc(Cl)cc1C(=O)N1CCS(=O)(=O)CC1. The van der Waals surface area contributed by atoms with Gasteiger partial charge >= 0.3 is 0 Å². The number of nitrogens with two attached hydrogens (primary N) is 1. The van der Waals surface area contributed by atoms with Crippen LogP contribution in [0, 0.1) is 0 Å². The van der Waals surface area contributed by atoms with Crippen LogP contribution in [-0.2, 0) is 9.84 Å². The molecule has 1 amide bonds. The van der Waals surface area contributed by atoms with Gasteiger partial charge in [-0.05, 0) is 18.2 Å². The lowest BCUT2D eigenvalue weighted by molar-refractivity contribution is 0.0771. The second-order valence-corrected chi connectivity index (χ2v) is 6.92. The lowest BCUT2D eigenvalue weighted by atomic mass is 10.1. The maximum absolute atomic E-state index is 12.2. The van der Waals surface area contributed by atoms with E-state index >= 15 is 0 Å². The summed E-state index contributed by atoms with van der Waals surface area (Å²) in [6, 6.07) is 4.67. The minimum atomic E-state index is -3.00. The third kappa shape index (κ3) is 2.76. The summed E-state index contributed by atoms with van der Waals surface area (Å²) in [6.07, 6.45) is 0. The molecule has 7 heteroatoms. The van der Waals surface area contributed by atoms with Gasteiger partial charge in [0.1, 0.15) is 0 Å². The van der Waals surface area contributed by atoms with Crippen molar-refractivity contribution in [2.24, 2.45) is 0 Å². The molecule has 0 bridgehead atoms. The van der Waals surface area contributed by atoms with E-state index in [1.807, 2.05) is 0 Å². The summed E-state index contributed by atoms with van der Waals surface area (Å²) in [6.45, 7) is 0.403. The van der Waals surface area contributed by atoms with Gasteiger partial charge < -0.3 is 10.6 Å². The van der Waals surface area contributed by atoms with Gasteiger partial charge in [0.2, 0.25) is 0 Å². The zero-order valence-electron chi connectivity index (χ0n) is 9.60. The second kappa shape index (κ2) is 4.78. The van der Waals surface area contributed by atoms with Gasteiger partial charge in [-0.25, -0.2) is 8.42 Å². The molecule has 5 nitrogen and oxygen atoms in total. The highest BCUT2D eigenvalue weighted by Gasteiger charge is 2.26. The first-order valence-electron chi connectivity index (χ1n) is 5.44. The van der Waals surface area contributed by atoms with Gasteiger partial charge in [0, 0.05) is 23.8 Å². The molecule has 0 saturated carbocycles. The molecule has 2 N–H and O–H groups in total. The van der Waals surface area contributed by atoms with E-state index in [2.05, 4.69) is 0 Å². The van der Waals surface area contributed by atoms with Crippen molar-refractivity contribution in [2.75, 3.05) is 30.3 Å². The first kappa shape index (κ1) is 13.2. The largest absolute Gasteiger partial charge is 0.398 e. The molecule has 0 spiro atoms. The van der Waals surface area contributed by atoms with Crippen LogP contribution in [0.15, 0.2) is 18.2 Å². The number of hydrogen-bond donors (Lipinski definition) is 1. The standard InChI is InChI=1S/C11H13ClN2O3S/c12-8-1-2-10(13)9(7-8)11(15)14-3-5-18(16,17)6-4-14/h1-2,7H,3-6,13H2. The maximum atomic E-state index is 12.2. The zero-order chi connectivity index (χ0) is 13.3. The van der Waals surface area contributed by atoms with Gasteiger partial charge in [0.05, 0.1) is 17.1 Å². The second-order valence-electron chi connectivity index (χ2n) is 4.18. The van der Waals surface area contributed by atoms with E-state index in [0.29, 0.717) is 16.3 Å². The molecule has 98 valence electrons. The van der Waals surface area contributed by atoms with Crippen LogP contribution in [-0.4, -0.2) is 43.8 Å². The van der Waals surface area contributed by atoms with Crippen molar-refractivity contribution in [2.45, 2.75) is 0 Å². The van der Waals surface area contributed by atoms with Crippen LogP contribution in [0.5, 0.6) is 0 Å². The molecular formula is C11H13ClN2O3S. The van der Waals surface area contributed by atoms with Gasteiger partial charge in [-0.2, -0.15) is 0 Å². The smallest absolute Gasteiger partial charge is 0.256 e. The highest BCUT2D eigenvalue weighted by atomic mass is 35.5. The Morgan fingerprint density at radius 3 is 2.50 bits per heavy atom. The molecule has 0 aliphatic carbocycles. The molecule has 0 unspecified atom stereocenters. The average Bonchev–Trinajstić information content (AvgIpc) is 2.31. The monoisotopic (exact) mass is 288 g/mol. The Morgan fingerprint density at radius 2 is 1.89 bits per heavy atom. The number of sulfone groups is 1. The molecule has 1 aromatic rings. The maximum Gasteiger partial charge on any atom is 0.256 e. The summed E-state index contributed by atoms with van der Waals surface area (Å²) in [5, 5.41) is 0.428. The van der Waals surface area contributed by atoms with Crippen molar-refractivity contribution >= 4 is 33.0 Å². The number of nitrogens with zero attached hydrogens (tertiary/aromatic N) is 1. The summed E-state index contributed by atoms with van der Waals surface area (Å²) in [7, 11) is -3.00. The molecule has 1 saturated heterocycles. The van der Waals surface area contributed by atoms with Crippen molar-refractivity contribution < 1.29 is 13.2 Å². The van der Waals surface area contributed by atoms with Crippen molar-refractivity contribution in [1.29, 1.82) is 0 Å². The number of carbonyl (C=O) groups is 1. The van der Waals surface area contributed by atoms with E-state index in [4.69, 9.17) is 17.3 Å². The first-order valence-corrected chi connectivity index (χ1v) is 7.64. The van der Waals surface area contributed by atoms with Crippen LogP contribution < -0.4 is 5.73 Å². The van der Waals surface area contributed by atoms with Gasteiger partial charge in [0.25, 0.3) is 5.91 Å². The van der Waals surface area contributed by atoms with E-state index in [-0.39, 0.29) is 30.5 Å². The average molecular weight is 289 g/mol. The van der Waals surface area contributed by atoms with Crippen LogP contribution in [0.2, 0.25) is 5.02 Å². The van der Waals surface area contributed by atoms with Crippen molar-refractivity contribution in [3.63, 3.8) is 0 Å². The molecule has 1 fully saturated rings. The van der Waals surface area contributed by atoms with Crippen LogP contribution in [0.3, 0.4) is 0 Å². The Bertz CT molecular complexity index is 572. The summed E-state index contributed by atoms with van der Waals surface area (Å²) in [5.74, 6) is -0.275. The predicted molar refractivity (Wildman–Crippen MR) is 70.4 cm³/mol. The fourth-order valence-corrected chi connectivity index (χ4v) is 3.17. The molecule has 18 heavy (non-hydrogen) atoms. The molecule has 1 aliphatic heterocycles. The number of hydrogen-bond acceptors (Lipinski definition) is 4. The third-order valence-electron chi connectivity index (χ3n) is 2.88. The molecule has 0 aromatic heterocycles. The number of halogens is 1. The number of rotatable bonds is 1. The summed E-state index contributed by atoms with van der Waals surface area (Å²) < 4.78 is 22.6. The summed E-state index contributed by atoms with van der Waals surface area (Å²) in [4.78, 5) is 13.7. The van der Waals surface area contributed by atoms with Crippen LogP contribution in [0.25, 0.3) is 0 Å². The molecule has 1 aromatic carbocycles. The molecule has 2 rings (SSSR count). The summed E-state index contributed by atoms with van der Waals surface area (Å²) in [5.41, 5.74) is 6.39. The fourth-order valence-electron chi connectivity index (χ4n) is 1.80. The quantitative estimate of drug-likeness (QED) is 0.775. The third-order valence-corrected chi connectivity index (χ3v) is 4.72. The van der Waals surface area contributed by atoms with Crippen molar-refractivity contribution in [3.05, 3.63) is 28.8 Å². The van der Waals surface area contributed by atoms with Crippen LogP contribution in [0.4, 0.5) is 5.69 Å². The Kier molecular flexibility index (Phi) is 3.49. The van der Waals surface area contributed by atoms with E-state index in [1.165, 1.54) is 11.0 Å². The minimum Gasteiger partial charge on any atom is -0.398 e. The highest BCUT2D eigenvalue weighted by Crippen LogP contribution is 2.20. The lowest BCUT2D eigenvalue weighted by Crippen LogP contribution is -2.43. The van der Waals surface area contributed by atoms with Gasteiger partial charge in [0.15, 0.2) is 9.84 Å². The Morgan fingerprint density at radius 1 is 1.28 bits per heavy atom. The van der Waals surface area contributed by atoms with Crippen molar-refractivity contribution in [1.82, 2.24) is 4.90 Å². The number of carbonyl (C=O) groups excluding carboxylic acids is 1. The lowest BCUT2D eigenvalue weighted by Gasteiger charge is -2.27. The summed E-state index contributed by atoms with van der Waals surface area (Å²) >= 11 is 5.82. The highest BCUT2D eigenvalue weighted by molar-refractivity contribution is 7.91. The Hall–Kier alpha value is -1.27.